The molecule has 0 atom stereocenters. The van der Waals surface area contributed by atoms with Gasteiger partial charge >= 0.3 is 0 Å². The number of hydrogen-bond acceptors (Lipinski definition) is 5. The molecule has 23 heavy (non-hydrogen) atoms. The second kappa shape index (κ2) is 6.62. The first-order chi connectivity index (χ1) is 11.1. The van der Waals surface area contributed by atoms with Gasteiger partial charge in [0.15, 0.2) is 0 Å². The molecule has 2 heterocycles. The third-order valence-electron chi connectivity index (χ3n) is 3.32. The highest BCUT2D eigenvalue weighted by Crippen LogP contribution is 2.22. The fourth-order valence-electron chi connectivity index (χ4n) is 2.07. The van der Waals surface area contributed by atoms with Crippen molar-refractivity contribution in [2.75, 3.05) is 13.6 Å². The molecule has 0 saturated carbocycles. The summed E-state index contributed by atoms with van der Waals surface area (Å²) in [6.45, 7) is 0.352. The van der Waals surface area contributed by atoms with Gasteiger partial charge in [-0.15, -0.1) is 11.3 Å². The highest BCUT2D eigenvalue weighted by atomic mass is 32.1. The van der Waals surface area contributed by atoms with E-state index in [0.717, 1.165) is 15.2 Å². The molecule has 0 bridgehead atoms. The van der Waals surface area contributed by atoms with E-state index in [9.17, 15) is 9.59 Å². The number of nitrogens with zero attached hydrogens (tertiary/aromatic N) is 2. The molecule has 0 aliphatic rings. The summed E-state index contributed by atoms with van der Waals surface area (Å²) in [6, 6.07) is 9.40. The van der Waals surface area contributed by atoms with Crippen LogP contribution in [0.3, 0.4) is 0 Å². The number of amides is 2. The van der Waals surface area contributed by atoms with E-state index in [0.29, 0.717) is 12.1 Å². The normalized spacial score (nSPS) is 10.7. The van der Waals surface area contributed by atoms with Gasteiger partial charge in [-0.2, -0.15) is 0 Å². The smallest absolute Gasteiger partial charge is 0.254 e. The van der Waals surface area contributed by atoms with E-state index in [4.69, 9.17) is 4.42 Å². The number of nitrogens with one attached hydrogen (secondary N) is 1. The van der Waals surface area contributed by atoms with Gasteiger partial charge in [-0.3, -0.25) is 9.59 Å². The lowest BCUT2D eigenvalue weighted by Gasteiger charge is -2.15. The van der Waals surface area contributed by atoms with Crippen molar-refractivity contribution in [2.45, 2.75) is 6.54 Å². The Bertz CT molecular complexity index is 793. The minimum atomic E-state index is -0.333. The average Bonchev–Trinajstić information content (AvgIpc) is 3.20. The summed E-state index contributed by atoms with van der Waals surface area (Å²) in [5.41, 5.74) is 1.33. The van der Waals surface area contributed by atoms with Crippen molar-refractivity contribution < 1.29 is 14.0 Å². The zero-order valence-corrected chi connectivity index (χ0v) is 13.3. The third kappa shape index (κ3) is 3.57. The topological polar surface area (TPSA) is 75.4 Å². The lowest BCUT2D eigenvalue weighted by Crippen LogP contribution is -2.37. The molecule has 0 aliphatic carbocycles. The Hall–Kier alpha value is -2.67. The first-order valence-electron chi connectivity index (χ1n) is 7.02. The molecular weight excluding hydrogens is 314 g/mol. The van der Waals surface area contributed by atoms with Crippen molar-refractivity contribution in [1.82, 2.24) is 15.2 Å². The van der Waals surface area contributed by atoms with Crippen LogP contribution in [0.15, 0.2) is 47.3 Å². The summed E-state index contributed by atoms with van der Waals surface area (Å²) in [5.74, 6) is -0.512. The van der Waals surface area contributed by atoms with Crippen LogP contribution in [0, 0.1) is 0 Å². The fraction of sp³-hybridized carbons (Fsp3) is 0.188. The number of fused-ring (bicyclic) bond motifs is 1. The molecule has 118 valence electrons. The fourth-order valence-corrected chi connectivity index (χ4v) is 3.09. The highest BCUT2D eigenvalue weighted by molar-refractivity contribution is 7.18. The number of aromatic nitrogens is 1. The van der Waals surface area contributed by atoms with Crippen molar-refractivity contribution in [1.29, 1.82) is 0 Å². The predicted molar refractivity (Wildman–Crippen MR) is 87.1 cm³/mol. The lowest BCUT2D eigenvalue weighted by atomic mass is 10.3. The molecule has 0 radical (unpaired) electrons. The maximum absolute atomic E-state index is 12.1. The lowest BCUT2D eigenvalue weighted by molar-refractivity contribution is -0.129. The van der Waals surface area contributed by atoms with Crippen LogP contribution < -0.4 is 5.32 Å². The average molecular weight is 329 g/mol. The molecule has 0 spiro atoms. The van der Waals surface area contributed by atoms with Crippen molar-refractivity contribution >= 4 is 33.4 Å². The Morgan fingerprint density at radius 2 is 2.13 bits per heavy atom. The Labute approximate surface area is 136 Å². The Morgan fingerprint density at radius 1 is 1.30 bits per heavy atom. The summed E-state index contributed by atoms with van der Waals surface area (Å²) in [6.07, 6.45) is 2.75. The standard InChI is InChI=1S/C16H15N3O3S/c1-19(9-14-18-12-4-2-3-5-13(12)23-14)15(20)8-17-16(21)11-6-7-22-10-11/h2-7,10H,8-9H2,1H3,(H,17,21). The van der Waals surface area contributed by atoms with Gasteiger partial charge in [0.2, 0.25) is 5.91 Å². The minimum absolute atomic E-state index is 0.0641. The second-order valence-electron chi connectivity index (χ2n) is 5.02. The van der Waals surface area contributed by atoms with Gasteiger partial charge in [0, 0.05) is 7.05 Å². The molecule has 2 amide bonds. The number of likely N-dealkylation sites (N-methyl/N-ethyl adjacent to an activating group) is 1. The maximum atomic E-state index is 12.1. The summed E-state index contributed by atoms with van der Waals surface area (Å²) in [7, 11) is 1.69. The number of furan rings is 1. The van der Waals surface area contributed by atoms with E-state index in [1.165, 1.54) is 12.5 Å². The van der Waals surface area contributed by atoms with E-state index in [2.05, 4.69) is 10.3 Å². The van der Waals surface area contributed by atoms with Gasteiger partial charge in [-0.05, 0) is 18.2 Å². The van der Waals surface area contributed by atoms with Crippen LogP contribution in [0.4, 0.5) is 0 Å². The van der Waals surface area contributed by atoms with Crippen LogP contribution in [0.25, 0.3) is 10.2 Å². The largest absolute Gasteiger partial charge is 0.472 e. The molecule has 3 rings (SSSR count). The number of benzene rings is 1. The van der Waals surface area contributed by atoms with Crippen LogP contribution in [0.2, 0.25) is 0 Å². The minimum Gasteiger partial charge on any atom is -0.472 e. The predicted octanol–water partition coefficient (Wildman–Crippen LogP) is 2.28. The van der Waals surface area contributed by atoms with Gasteiger partial charge in [-0.1, -0.05) is 12.1 Å². The molecule has 2 aromatic heterocycles. The van der Waals surface area contributed by atoms with Crippen molar-refractivity contribution in [3.05, 3.63) is 53.4 Å². The quantitative estimate of drug-likeness (QED) is 0.779. The SMILES string of the molecule is CN(Cc1nc2ccccc2s1)C(=O)CNC(=O)c1ccoc1. The molecule has 7 heteroatoms. The molecule has 0 fully saturated rings. The second-order valence-corrected chi connectivity index (χ2v) is 6.14. The first-order valence-corrected chi connectivity index (χ1v) is 7.84. The summed E-state index contributed by atoms with van der Waals surface area (Å²) >= 11 is 1.56. The molecule has 6 nitrogen and oxygen atoms in total. The molecule has 0 aliphatic heterocycles. The van der Waals surface area contributed by atoms with E-state index in [-0.39, 0.29) is 18.4 Å². The number of carbonyl (C=O) groups excluding carboxylic acids is 2. The van der Waals surface area contributed by atoms with Crippen molar-refractivity contribution in [3.8, 4) is 0 Å². The maximum Gasteiger partial charge on any atom is 0.254 e. The monoisotopic (exact) mass is 329 g/mol. The Kier molecular flexibility index (Phi) is 4.38. The Morgan fingerprint density at radius 3 is 2.87 bits per heavy atom. The van der Waals surface area contributed by atoms with Gasteiger partial charge in [0.1, 0.15) is 11.3 Å². The first kappa shape index (κ1) is 15.2. The molecule has 1 aromatic carbocycles. The number of hydrogen-bond donors (Lipinski definition) is 1. The highest BCUT2D eigenvalue weighted by Gasteiger charge is 2.14. The Balaban J connectivity index is 1.56. The van der Waals surface area contributed by atoms with Crippen molar-refractivity contribution in [3.63, 3.8) is 0 Å². The van der Waals surface area contributed by atoms with E-state index >= 15 is 0 Å². The summed E-state index contributed by atoms with van der Waals surface area (Å²) < 4.78 is 5.93. The third-order valence-corrected chi connectivity index (χ3v) is 4.34. The summed E-state index contributed by atoms with van der Waals surface area (Å²) in [4.78, 5) is 29.9. The van der Waals surface area contributed by atoms with Crippen LogP contribution in [-0.2, 0) is 11.3 Å². The molecular formula is C16H15N3O3S. The van der Waals surface area contributed by atoms with Crippen LogP contribution in [0.1, 0.15) is 15.4 Å². The van der Waals surface area contributed by atoms with Crippen LogP contribution in [0.5, 0.6) is 0 Å². The van der Waals surface area contributed by atoms with Gasteiger partial charge < -0.3 is 14.6 Å². The molecule has 3 aromatic rings. The number of rotatable bonds is 5. The van der Waals surface area contributed by atoms with Crippen molar-refractivity contribution in [2.24, 2.45) is 0 Å². The zero-order chi connectivity index (χ0) is 16.2. The van der Waals surface area contributed by atoms with E-state index in [1.54, 1.807) is 29.4 Å². The molecule has 0 unspecified atom stereocenters. The van der Waals surface area contributed by atoms with E-state index in [1.807, 2.05) is 24.3 Å². The van der Waals surface area contributed by atoms with Crippen LogP contribution >= 0.6 is 11.3 Å². The molecule has 0 saturated heterocycles. The summed E-state index contributed by atoms with van der Waals surface area (Å²) in [5, 5.41) is 3.44. The number of thiazole rings is 1. The van der Waals surface area contributed by atoms with Crippen LogP contribution in [-0.4, -0.2) is 35.3 Å². The molecule has 1 N–H and O–H groups in total. The number of para-hydroxylation sites is 1. The van der Waals surface area contributed by atoms with Gasteiger partial charge in [0.25, 0.3) is 5.91 Å². The zero-order valence-electron chi connectivity index (χ0n) is 12.5. The van der Waals surface area contributed by atoms with Gasteiger partial charge in [0.05, 0.1) is 35.1 Å². The van der Waals surface area contributed by atoms with E-state index < -0.39 is 0 Å². The van der Waals surface area contributed by atoms with Gasteiger partial charge in [-0.25, -0.2) is 4.98 Å². The number of carbonyl (C=O) groups is 2.